The van der Waals surface area contributed by atoms with E-state index in [2.05, 4.69) is 10.5 Å². The van der Waals surface area contributed by atoms with Gasteiger partial charge in [-0.25, -0.2) is 0 Å². The van der Waals surface area contributed by atoms with Gasteiger partial charge in [0.05, 0.1) is 31.9 Å². The summed E-state index contributed by atoms with van der Waals surface area (Å²) in [6, 6.07) is 13.2. The number of hydrogen-bond donors (Lipinski definition) is 2. The van der Waals surface area contributed by atoms with E-state index in [9.17, 15) is 14.8 Å². The van der Waals surface area contributed by atoms with Crippen LogP contribution in [0.3, 0.4) is 0 Å². The molecule has 0 fully saturated rings. The van der Waals surface area contributed by atoms with E-state index in [4.69, 9.17) is 9.47 Å². The van der Waals surface area contributed by atoms with Crippen LogP contribution in [0.2, 0.25) is 0 Å². The Bertz CT molecular complexity index is 915. The molecule has 0 saturated carbocycles. The average molecular weight is 397 g/mol. The number of ether oxygens (including phenoxy) is 2. The maximum Gasteiger partial charge on any atom is 0.254 e. The lowest BCUT2D eigenvalue weighted by molar-refractivity contribution is -0.118. The van der Waals surface area contributed by atoms with Gasteiger partial charge in [-0.15, -0.1) is 0 Å². The molecule has 0 saturated heterocycles. The Morgan fingerprint density at radius 1 is 1.24 bits per heavy atom. The van der Waals surface area contributed by atoms with Crippen molar-refractivity contribution in [1.29, 1.82) is 0 Å². The number of carbonyl (C=O) groups excluding carboxylic acids is 2. The van der Waals surface area contributed by atoms with Crippen LogP contribution in [0.15, 0.2) is 53.7 Å². The monoisotopic (exact) mass is 397 g/mol. The zero-order valence-electron chi connectivity index (χ0n) is 16.2. The number of benzene rings is 2. The molecule has 8 heteroatoms. The maximum absolute atomic E-state index is 13.3. The first kappa shape index (κ1) is 20.3. The third-order valence-corrected chi connectivity index (χ3v) is 4.86. The summed E-state index contributed by atoms with van der Waals surface area (Å²) >= 11 is 0. The van der Waals surface area contributed by atoms with Crippen LogP contribution in [0, 0.1) is 0 Å². The molecule has 0 bridgehead atoms. The van der Waals surface area contributed by atoms with Gasteiger partial charge in [-0.2, -0.15) is 0 Å². The number of oxime groups is 1. The molecule has 1 heterocycles. The normalized spacial score (nSPS) is 18.6. The Morgan fingerprint density at radius 2 is 2.03 bits per heavy atom. The van der Waals surface area contributed by atoms with Crippen LogP contribution in [-0.4, -0.2) is 61.5 Å². The molecule has 29 heavy (non-hydrogen) atoms. The number of amides is 2. The molecule has 1 aliphatic heterocycles. The molecule has 0 aromatic heterocycles. The Hall–Kier alpha value is -3.39. The summed E-state index contributed by atoms with van der Waals surface area (Å²) < 4.78 is 10.3. The second-order valence-corrected chi connectivity index (χ2v) is 6.53. The van der Waals surface area contributed by atoms with E-state index in [1.807, 2.05) is 0 Å². The van der Waals surface area contributed by atoms with Crippen LogP contribution in [-0.2, 0) is 9.53 Å². The summed E-state index contributed by atoms with van der Waals surface area (Å²) in [4.78, 5) is 27.8. The van der Waals surface area contributed by atoms with E-state index in [-0.39, 0.29) is 25.0 Å². The van der Waals surface area contributed by atoms with Gasteiger partial charge in [-0.3, -0.25) is 9.59 Å². The predicted octanol–water partition coefficient (Wildman–Crippen LogP) is 2.35. The van der Waals surface area contributed by atoms with E-state index in [1.165, 1.54) is 18.2 Å². The zero-order valence-corrected chi connectivity index (χ0v) is 16.2. The molecule has 1 aliphatic rings. The molecular weight excluding hydrogens is 374 g/mol. The highest BCUT2D eigenvalue weighted by Crippen LogP contribution is 2.34. The topological polar surface area (TPSA) is 100 Å². The largest absolute Gasteiger partial charge is 0.497 e. The number of rotatable bonds is 7. The van der Waals surface area contributed by atoms with Crippen molar-refractivity contribution in [2.45, 2.75) is 12.0 Å². The van der Waals surface area contributed by atoms with Gasteiger partial charge in [-0.1, -0.05) is 29.4 Å². The molecular formula is C21H23N3O5. The van der Waals surface area contributed by atoms with Crippen molar-refractivity contribution < 1.29 is 24.3 Å². The maximum atomic E-state index is 13.3. The molecule has 2 amide bonds. The van der Waals surface area contributed by atoms with Gasteiger partial charge in [0.1, 0.15) is 5.75 Å². The highest BCUT2D eigenvalue weighted by atomic mass is 16.5. The molecule has 2 atom stereocenters. The predicted molar refractivity (Wildman–Crippen MR) is 108 cm³/mol. The van der Waals surface area contributed by atoms with Gasteiger partial charge >= 0.3 is 0 Å². The quantitative estimate of drug-likeness (QED) is 0.424. The minimum atomic E-state index is -0.761. The smallest absolute Gasteiger partial charge is 0.254 e. The third-order valence-electron chi connectivity index (χ3n) is 4.86. The van der Waals surface area contributed by atoms with Crippen molar-refractivity contribution in [2.75, 3.05) is 32.7 Å². The Balaban J connectivity index is 2.01. The number of fused-ring (bicyclic) bond motifs is 1. The number of anilines is 1. The molecule has 8 nitrogen and oxygen atoms in total. The first-order chi connectivity index (χ1) is 14.1. The molecule has 2 N–H and O–H groups in total. The molecule has 3 rings (SSSR count). The highest BCUT2D eigenvalue weighted by Gasteiger charge is 2.42. The number of nitrogens with one attached hydrogen (secondary N) is 1. The Labute approximate surface area is 168 Å². The van der Waals surface area contributed by atoms with E-state index >= 15 is 0 Å². The first-order valence-electron chi connectivity index (χ1n) is 9.12. The summed E-state index contributed by atoms with van der Waals surface area (Å²) in [6.07, 6.45) is 1.21. The van der Waals surface area contributed by atoms with E-state index in [1.54, 1.807) is 55.6 Å². The van der Waals surface area contributed by atoms with Crippen LogP contribution in [0.5, 0.6) is 5.75 Å². The van der Waals surface area contributed by atoms with Crippen LogP contribution < -0.4 is 10.1 Å². The molecule has 0 radical (unpaired) electrons. The van der Waals surface area contributed by atoms with Gasteiger partial charge in [0.25, 0.3) is 5.91 Å². The summed E-state index contributed by atoms with van der Waals surface area (Å²) in [5, 5.41) is 15.2. The van der Waals surface area contributed by atoms with E-state index in [0.717, 1.165) is 0 Å². The van der Waals surface area contributed by atoms with Crippen LogP contribution in [0.4, 0.5) is 5.69 Å². The fourth-order valence-corrected chi connectivity index (χ4v) is 3.51. The van der Waals surface area contributed by atoms with Gasteiger partial charge in [0.15, 0.2) is 0 Å². The lowest BCUT2D eigenvalue weighted by atomic mass is 9.82. The van der Waals surface area contributed by atoms with Crippen LogP contribution in [0.1, 0.15) is 21.8 Å². The standard InChI is InChI=1S/C21H23N3O5/c1-28-11-10-24-18(13-22-27)19(16-8-3-4-9-17(16)21(24)26)20(25)23-14-6-5-7-15(12-14)29-2/h3-9,12-13,18-19,27H,10-11H2,1-2H3,(H,23,25)/b22-13+. The van der Waals surface area contributed by atoms with Gasteiger partial charge < -0.3 is 24.9 Å². The fourth-order valence-electron chi connectivity index (χ4n) is 3.51. The lowest BCUT2D eigenvalue weighted by Gasteiger charge is -2.39. The SMILES string of the molecule is COCCN1C(=O)c2ccccc2C(C(=O)Nc2cccc(OC)c2)C1/C=N/O. The van der Waals surface area contributed by atoms with Gasteiger partial charge in [0.2, 0.25) is 5.91 Å². The molecule has 0 spiro atoms. The fraction of sp³-hybridized carbons (Fsp3) is 0.286. The molecule has 152 valence electrons. The van der Waals surface area contributed by atoms with E-state index < -0.39 is 12.0 Å². The van der Waals surface area contributed by atoms with Crippen molar-refractivity contribution in [1.82, 2.24) is 4.90 Å². The van der Waals surface area contributed by atoms with E-state index in [0.29, 0.717) is 22.6 Å². The summed E-state index contributed by atoms with van der Waals surface area (Å²) in [5.41, 5.74) is 1.58. The zero-order chi connectivity index (χ0) is 20.8. The van der Waals surface area contributed by atoms with Crippen molar-refractivity contribution in [3.05, 3.63) is 59.7 Å². The summed E-state index contributed by atoms with van der Waals surface area (Å²) in [5.74, 6) is -0.724. The lowest BCUT2D eigenvalue weighted by Crippen LogP contribution is -2.53. The van der Waals surface area contributed by atoms with Gasteiger partial charge in [-0.05, 0) is 23.8 Å². The second-order valence-electron chi connectivity index (χ2n) is 6.53. The number of carbonyl (C=O) groups is 2. The summed E-state index contributed by atoms with van der Waals surface area (Å²) in [6.45, 7) is 0.539. The number of methoxy groups -OCH3 is 2. The van der Waals surface area contributed by atoms with Crippen molar-refractivity contribution in [2.24, 2.45) is 5.16 Å². The number of nitrogens with zero attached hydrogens (tertiary/aromatic N) is 2. The first-order valence-corrected chi connectivity index (χ1v) is 9.12. The van der Waals surface area contributed by atoms with Crippen molar-refractivity contribution >= 4 is 23.7 Å². The van der Waals surface area contributed by atoms with Crippen LogP contribution in [0.25, 0.3) is 0 Å². The van der Waals surface area contributed by atoms with Crippen molar-refractivity contribution in [3.63, 3.8) is 0 Å². The minimum Gasteiger partial charge on any atom is -0.497 e. The third kappa shape index (κ3) is 4.22. The molecule has 2 unspecified atom stereocenters. The van der Waals surface area contributed by atoms with Crippen LogP contribution >= 0.6 is 0 Å². The molecule has 2 aromatic carbocycles. The van der Waals surface area contributed by atoms with Crippen molar-refractivity contribution in [3.8, 4) is 5.75 Å². The number of hydrogen-bond acceptors (Lipinski definition) is 6. The molecule has 0 aliphatic carbocycles. The average Bonchev–Trinajstić information content (AvgIpc) is 2.74. The molecule has 2 aromatic rings. The second kappa shape index (κ2) is 9.20. The minimum absolute atomic E-state index is 0.243. The highest BCUT2D eigenvalue weighted by molar-refractivity contribution is 6.07. The Morgan fingerprint density at radius 3 is 2.76 bits per heavy atom. The summed E-state index contributed by atoms with van der Waals surface area (Å²) in [7, 11) is 3.08. The van der Waals surface area contributed by atoms with Gasteiger partial charge in [0, 0.05) is 31.0 Å². The Kier molecular flexibility index (Phi) is 6.46.